The molecule has 0 unspecified atom stereocenters. The second-order valence-electron chi connectivity index (χ2n) is 2.90. The number of ether oxygens (including phenoxy) is 1. The third-order valence-electron chi connectivity index (χ3n) is 1.65. The van der Waals surface area contributed by atoms with E-state index in [9.17, 15) is 8.42 Å². The van der Waals surface area contributed by atoms with E-state index in [2.05, 4.69) is 20.7 Å². The Morgan fingerprint density at radius 1 is 1.50 bits per heavy atom. The molecule has 0 aromatic heterocycles. The van der Waals surface area contributed by atoms with Gasteiger partial charge < -0.3 is 4.74 Å². The highest BCUT2D eigenvalue weighted by molar-refractivity contribution is 9.10. The maximum absolute atomic E-state index is 11.3. The minimum Gasteiger partial charge on any atom is -0.492 e. The number of hydrogen-bond acceptors (Lipinski definition) is 3. The first kappa shape index (κ1) is 13.6. The molecule has 90 valence electrons. The molecule has 0 spiro atoms. The van der Waals surface area contributed by atoms with Crippen LogP contribution in [0.2, 0.25) is 5.02 Å². The molecule has 7 heteroatoms. The van der Waals surface area contributed by atoms with Crippen molar-refractivity contribution < 1.29 is 13.2 Å². The van der Waals surface area contributed by atoms with Crippen molar-refractivity contribution in [2.75, 3.05) is 16.0 Å². The fourth-order valence-corrected chi connectivity index (χ4v) is 2.16. The van der Waals surface area contributed by atoms with Crippen LogP contribution in [0.4, 0.5) is 5.69 Å². The van der Waals surface area contributed by atoms with Gasteiger partial charge in [0.2, 0.25) is 10.0 Å². The molecule has 0 bridgehead atoms. The number of hydrogen-bond donors (Lipinski definition) is 1. The van der Waals surface area contributed by atoms with Crippen molar-refractivity contribution in [3.05, 3.63) is 23.2 Å². The Bertz CT molecular complexity index is 464. The van der Waals surface area contributed by atoms with Crippen LogP contribution in [-0.4, -0.2) is 19.7 Å². The maximum Gasteiger partial charge on any atom is 0.242 e. The first-order chi connectivity index (χ1) is 7.48. The van der Waals surface area contributed by atoms with Crippen LogP contribution in [0.1, 0.15) is 6.92 Å². The van der Waals surface area contributed by atoms with E-state index in [0.717, 1.165) is 0 Å². The zero-order chi connectivity index (χ0) is 12.2. The fraction of sp³-hybridized carbons (Fsp3) is 0.333. The van der Waals surface area contributed by atoms with Gasteiger partial charge in [-0.2, -0.15) is 0 Å². The predicted molar refractivity (Wildman–Crippen MR) is 69.0 cm³/mol. The zero-order valence-electron chi connectivity index (χ0n) is 8.54. The number of benzene rings is 1. The molecular formula is C9H11BrClNO3S. The first-order valence-electron chi connectivity index (χ1n) is 4.47. The van der Waals surface area contributed by atoms with Crippen molar-refractivity contribution in [2.45, 2.75) is 6.92 Å². The van der Waals surface area contributed by atoms with Gasteiger partial charge in [-0.05, 0) is 25.1 Å². The number of halogens is 2. The molecule has 0 amide bonds. The van der Waals surface area contributed by atoms with Gasteiger partial charge in [0.15, 0.2) is 0 Å². The van der Waals surface area contributed by atoms with Gasteiger partial charge >= 0.3 is 0 Å². The Morgan fingerprint density at radius 2 is 2.19 bits per heavy atom. The summed E-state index contributed by atoms with van der Waals surface area (Å²) in [6.07, 6.45) is 0. The zero-order valence-corrected chi connectivity index (χ0v) is 11.7. The third-order valence-corrected chi connectivity index (χ3v) is 4.59. The summed E-state index contributed by atoms with van der Waals surface area (Å²) < 4.78 is 29.9. The van der Waals surface area contributed by atoms with Crippen LogP contribution < -0.4 is 9.46 Å². The van der Waals surface area contributed by atoms with Gasteiger partial charge in [-0.1, -0.05) is 27.5 Å². The SMILES string of the molecule is CCOc1ccc(NS(=O)(=O)CBr)cc1Cl. The summed E-state index contributed by atoms with van der Waals surface area (Å²) in [4.78, 5) is 0. The topological polar surface area (TPSA) is 55.4 Å². The van der Waals surface area contributed by atoms with Crippen LogP contribution in [0.5, 0.6) is 5.75 Å². The normalized spacial score (nSPS) is 11.2. The second-order valence-corrected chi connectivity index (χ2v) is 6.34. The highest BCUT2D eigenvalue weighted by Gasteiger charge is 2.09. The molecule has 1 aromatic rings. The summed E-state index contributed by atoms with van der Waals surface area (Å²) in [6.45, 7) is 2.35. The molecular weight excluding hydrogens is 318 g/mol. The molecule has 0 atom stereocenters. The fourth-order valence-electron chi connectivity index (χ4n) is 1.04. The lowest BCUT2D eigenvalue weighted by molar-refractivity contribution is 0.340. The molecule has 1 N–H and O–H groups in total. The van der Waals surface area contributed by atoms with E-state index in [1.165, 1.54) is 6.07 Å². The molecule has 1 aromatic carbocycles. The lowest BCUT2D eigenvalue weighted by Gasteiger charge is -2.09. The molecule has 0 aliphatic carbocycles. The maximum atomic E-state index is 11.3. The van der Waals surface area contributed by atoms with Gasteiger partial charge in [0.05, 0.1) is 17.3 Å². The van der Waals surface area contributed by atoms with Crippen LogP contribution in [0, 0.1) is 0 Å². The van der Waals surface area contributed by atoms with Crippen LogP contribution in [0.25, 0.3) is 0 Å². The average Bonchev–Trinajstić information content (AvgIpc) is 2.22. The van der Waals surface area contributed by atoms with E-state index in [1.54, 1.807) is 12.1 Å². The average molecular weight is 329 g/mol. The molecule has 0 heterocycles. The van der Waals surface area contributed by atoms with Crippen molar-refractivity contribution >= 4 is 43.2 Å². The standard InChI is InChI=1S/C9H11BrClNO3S/c1-2-15-9-4-3-7(5-8(9)11)12-16(13,14)6-10/h3-5,12H,2,6H2,1H3. The summed E-state index contributed by atoms with van der Waals surface area (Å²) in [6, 6.07) is 4.72. The van der Waals surface area contributed by atoms with E-state index in [-0.39, 0.29) is 4.66 Å². The summed E-state index contributed by atoms with van der Waals surface area (Å²) in [5.41, 5.74) is 0.410. The Morgan fingerprint density at radius 3 is 2.69 bits per heavy atom. The van der Waals surface area contributed by atoms with Crippen molar-refractivity contribution in [2.24, 2.45) is 0 Å². The molecule has 1 rings (SSSR count). The molecule has 4 nitrogen and oxygen atoms in total. The second kappa shape index (κ2) is 5.75. The molecule has 0 radical (unpaired) electrons. The molecule has 0 aliphatic heterocycles. The molecule has 0 fully saturated rings. The molecule has 0 aliphatic rings. The van der Waals surface area contributed by atoms with Crippen LogP contribution >= 0.6 is 27.5 Å². The van der Waals surface area contributed by atoms with Gasteiger partial charge in [-0.25, -0.2) is 8.42 Å². The number of alkyl halides is 1. The van der Waals surface area contributed by atoms with E-state index in [4.69, 9.17) is 16.3 Å². The van der Waals surface area contributed by atoms with Gasteiger partial charge in [0, 0.05) is 0 Å². The number of nitrogens with one attached hydrogen (secondary N) is 1. The third kappa shape index (κ3) is 3.84. The minimum absolute atomic E-state index is 0.162. The summed E-state index contributed by atoms with van der Waals surface area (Å²) >= 11 is 8.79. The van der Waals surface area contributed by atoms with Crippen LogP contribution in [0.3, 0.4) is 0 Å². The monoisotopic (exact) mass is 327 g/mol. The molecule has 0 saturated carbocycles. The quantitative estimate of drug-likeness (QED) is 0.846. The van der Waals surface area contributed by atoms with Crippen LogP contribution in [-0.2, 0) is 10.0 Å². The van der Waals surface area contributed by atoms with Crippen molar-refractivity contribution in [3.63, 3.8) is 0 Å². The molecule has 16 heavy (non-hydrogen) atoms. The smallest absolute Gasteiger partial charge is 0.242 e. The van der Waals surface area contributed by atoms with E-state index in [0.29, 0.717) is 23.1 Å². The Balaban J connectivity index is 2.89. The van der Waals surface area contributed by atoms with Crippen molar-refractivity contribution in [1.82, 2.24) is 0 Å². The van der Waals surface area contributed by atoms with E-state index in [1.807, 2.05) is 6.92 Å². The number of anilines is 1. The lowest BCUT2D eigenvalue weighted by Crippen LogP contribution is -2.13. The van der Waals surface area contributed by atoms with E-state index >= 15 is 0 Å². The minimum atomic E-state index is -3.35. The summed E-state index contributed by atoms with van der Waals surface area (Å²) in [5.74, 6) is 0.533. The highest BCUT2D eigenvalue weighted by atomic mass is 79.9. The van der Waals surface area contributed by atoms with Crippen LogP contribution in [0.15, 0.2) is 18.2 Å². The Kier molecular flexibility index (Phi) is 4.89. The lowest BCUT2D eigenvalue weighted by atomic mass is 10.3. The van der Waals surface area contributed by atoms with Gasteiger partial charge in [-0.15, -0.1) is 0 Å². The largest absolute Gasteiger partial charge is 0.492 e. The molecule has 0 saturated heterocycles. The van der Waals surface area contributed by atoms with Crippen molar-refractivity contribution in [3.8, 4) is 5.75 Å². The predicted octanol–water partition coefficient (Wildman–Crippen LogP) is 2.83. The van der Waals surface area contributed by atoms with Gasteiger partial charge in [0.25, 0.3) is 0 Å². The number of rotatable bonds is 5. The summed E-state index contributed by atoms with van der Waals surface area (Å²) in [5, 5.41) is 0.372. The summed E-state index contributed by atoms with van der Waals surface area (Å²) in [7, 11) is -3.35. The van der Waals surface area contributed by atoms with E-state index < -0.39 is 10.0 Å². The van der Waals surface area contributed by atoms with Crippen molar-refractivity contribution in [1.29, 1.82) is 0 Å². The number of sulfonamides is 1. The Labute approximate surface area is 108 Å². The van der Waals surface area contributed by atoms with Gasteiger partial charge in [-0.3, -0.25) is 4.72 Å². The highest BCUT2D eigenvalue weighted by Crippen LogP contribution is 2.28. The van der Waals surface area contributed by atoms with Gasteiger partial charge in [0.1, 0.15) is 10.4 Å². The Hall–Kier alpha value is -0.460. The first-order valence-corrected chi connectivity index (χ1v) is 7.62.